The molecule has 1 N–H and O–H groups in total. The SMILES string of the molecule is CCC1CCC(CNc2nc(OC)nc(OC)n2)CC1. The van der Waals surface area contributed by atoms with Gasteiger partial charge in [0.2, 0.25) is 5.95 Å². The summed E-state index contributed by atoms with van der Waals surface area (Å²) in [5.74, 6) is 2.14. The van der Waals surface area contributed by atoms with Gasteiger partial charge in [-0.15, -0.1) is 4.98 Å². The molecule has 0 bridgehead atoms. The van der Waals surface area contributed by atoms with Gasteiger partial charge in [0.1, 0.15) is 0 Å². The van der Waals surface area contributed by atoms with Crippen molar-refractivity contribution in [2.24, 2.45) is 11.8 Å². The van der Waals surface area contributed by atoms with E-state index in [1.807, 2.05) is 0 Å². The molecule has 0 radical (unpaired) electrons. The summed E-state index contributed by atoms with van der Waals surface area (Å²) in [7, 11) is 3.06. The molecule has 1 heterocycles. The summed E-state index contributed by atoms with van der Waals surface area (Å²) in [5.41, 5.74) is 0. The number of hydrogen-bond donors (Lipinski definition) is 1. The largest absolute Gasteiger partial charge is 0.467 e. The van der Waals surface area contributed by atoms with Gasteiger partial charge in [-0.3, -0.25) is 0 Å². The summed E-state index contributed by atoms with van der Waals surface area (Å²) in [4.78, 5) is 12.3. The molecule has 0 saturated heterocycles. The predicted molar refractivity (Wildman–Crippen MR) is 77.2 cm³/mol. The molecule has 6 nitrogen and oxygen atoms in total. The highest BCUT2D eigenvalue weighted by atomic mass is 16.5. The number of nitrogens with one attached hydrogen (secondary N) is 1. The molecule has 1 aliphatic carbocycles. The maximum Gasteiger partial charge on any atom is 0.324 e. The minimum atomic E-state index is 0.272. The van der Waals surface area contributed by atoms with Crippen molar-refractivity contribution in [3.8, 4) is 12.0 Å². The zero-order valence-corrected chi connectivity index (χ0v) is 12.6. The van der Waals surface area contributed by atoms with Crippen LogP contribution in [0.1, 0.15) is 39.0 Å². The van der Waals surface area contributed by atoms with Crippen molar-refractivity contribution in [1.29, 1.82) is 0 Å². The van der Waals surface area contributed by atoms with Gasteiger partial charge in [0, 0.05) is 6.54 Å². The second-order valence-corrected chi connectivity index (χ2v) is 5.31. The molecule has 1 saturated carbocycles. The lowest BCUT2D eigenvalue weighted by Gasteiger charge is -2.27. The fourth-order valence-corrected chi connectivity index (χ4v) is 2.68. The van der Waals surface area contributed by atoms with E-state index in [2.05, 4.69) is 27.2 Å². The van der Waals surface area contributed by atoms with Gasteiger partial charge in [-0.05, 0) is 24.7 Å². The number of rotatable bonds is 6. The van der Waals surface area contributed by atoms with Crippen molar-refractivity contribution < 1.29 is 9.47 Å². The molecule has 1 aromatic heterocycles. The first kappa shape index (κ1) is 14.8. The van der Waals surface area contributed by atoms with E-state index in [9.17, 15) is 0 Å². The van der Waals surface area contributed by atoms with Gasteiger partial charge in [-0.1, -0.05) is 26.2 Å². The maximum absolute atomic E-state index is 5.04. The lowest BCUT2D eigenvalue weighted by molar-refractivity contribution is 0.277. The second-order valence-electron chi connectivity index (χ2n) is 5.31. The summed E-state index contributed by atoms with van der Waals surface area (Å²) >= 11 is 0. The third kappa shape index (κ3) is 3.95. The zero-order valence-electron chi connectivity index (χ0n) is 12.6. The minimum absolute atomic E-state index is 0.272. The monoisotopic (exact) mass is 280 g/mol. The molecule has 0 aromatic carbocycles. The van der Waals surface area contributed by atoms with Crippen LogP contribution >= 0.6 is 0 Å². The molecule has 0 spiro atoms. The van der Waals surface area contributed by atoms with E-state index in [1.54, 1.807) is 0 Å². The van der Waals surface area contributed by atoms with Crippen LogP contribution in [0.25, 0.3) is 0 Å². The summed E-state index contributed by atoms with van der Waals surface area (Å²) in [5, 5.41) is 3.27. The van der Waals surface area contributed by atoms with Crippen molar-refractivity contribution in [2.45, 2.75) is 39.0 Å². The zero-order chi connectivity index (χ0) is 14.4. The number of hydrogen-bond acceptors (Lipinski definition) is 6. The Hall–Kier alpha value is -1.59. The number of methoxy groups -OCH3 is 2. The molecule has 0 aliphatic heterocycles. The first-order chi connectivity index (χ1) is 9.75. The molecule has 0 amide bonds. The summed E-state index contributed by atoms with van der Waals surface area (Å²) in [6.07, 6.45) is 6.55. The smallest absolute Gasteiger partial charge is 0.324 e. The van der Waals surface area contributed by atoms with Crippen molar-refractivity contribution in [3.05, 3.63) is 0 Å². The Morgan fingerprint density at radius 2 is 1.50 bits per heavy atom. The van der Waals surface area contributed by atoms with E-state index < -0.39 is 0 Å². The molecule has 1 aromatic rings. The highest BCUT2D eigenvalue weighted by molar-refractivity contribution is 5.27. The Bertz CT molecular complexity index is 397. The molecule has 112 valence electrons. The van der Waals surface area contributed by atoms with Gasteiger partial charge in [0.25, 0.3) is 0 Å². The average Bonchev–Trinajstić information content (AvgIpc) is 2.53. The predicted octanol–water partition coefficient (Wildman–Crippen LogP) is 2.52. The Balaban J connectivity index is 1.87. The van der Waals surface area contributed by atoms with E-state index in [-0.39, 0.29) is 12.0 Å². The Morgan fingerprint density at radius 1 is 0.950 bits per heavy atom. The van der Waals surface area contributed by atoms with Crippen LogP contribution in [0.4, 0.5) is 5.95 Å². The van der Waals surface area contributed by atoms with Crippen LogP contribution in [0.3, 0.4) is 0 Å². The molecular formula is C14H24N4O2. The minimum Gasteiger partial charge on any atom is -0.467 e. The van der Waals surface area contributed by atoms with Gasteiger partial charge in [0.05, 0.1) is 14.2 Å². The number of aromatic nitrogens is 3. The van der Waals surface area contributed by atoms with E-state index in [0.29, 0.717) is 11.9 Å². The molecular weight excluding hydrogens is 256 g/mol. The van der Waals surface area contributed by atoms with Crippen LogP contribution in [-0.4, -0.2) is 35.7 Å². The van der Waals surface area contributed by atoms with Gasteiger partial charge < -0.3 is 14.8 Å². The summed E-state index contributed by atoms with van der Waals surface area (Å²) < 4.78 is 10.1. The normalized spacial score (nSPS) is 22.4. The summed E-state index contributed by atoms with van der Waals surface area (Å²) in [6, 6.07) is 0.545. The van der Waals surface area contributed by atoms with Crippen molar-refractivity contribution in [1.82, 2.24) is 15.0 Å². The van der Waals surface area contributed by atoms with Gasteiger partial charge in [-0.2, -0.15) is 9.97 Å². The van der Waals surface area contributed by atoms with Crippen LogP contribution in [0.5, 0.6) is 12.0 Å². The third-order valence-corrected chi connectivity index (χ3v) is 4.05. The maximum atomic E-state index is 5.04. The first-order valence-electron chi connectivity index (χ1n) is 7.33. The van der Waals surface area contributed by atoms with E-state index in [0.717, 1.165) is 12.5 Å². The molecule has 6 heteroatoms. The van der Waals surface area contributed by atoms with E-state index in [4.69, 9.17) is 9.47 Å². The van der Waals surface area contributed by atoms with Crippen molar-refractivity contribution >= 4 is 5.95 Å². The molecule has 20 heavy (non-hydrogen) atoms. The highest BCUT2D eigenvalue weighted by Crippen LogP contribution is 2.30. The Morgan fingerprint density at radius 3 is 2.00 bits per heavy atom. The standard InChI is InChI=1S/C14H24N4O2/c1-4-10-5-7-11(8-6-10)9-15-12-16-13(19-2)18-14(17-12)20-3/h10-11H,4-9H2,1-3H3,(H,15,16,17,18). The van der Waals surface area contributed by atoms with Crippen LogP contribution in [-0.2, 0) is 0 Å². The molecule has 0 unspecified atom stereocenters. The van der Waals surface area contributed by atoms with Crippen LogP contribution in [0.2, 0.25) is 0 Å². The lowest BCUT2D eigenvalue weighted by atomic mass is 9.81. The first-order valence-corrected chi connectivity index (χ1v) is 7.33. The number of nitrogens with zero attached hydrogens (tertiary/aromatic N) is 3. The molecule has 2 rings (SSSR count). The quantitative estimate of drug-likeness (QED) is 0.863. The van der Waals surface area contributed by atoms with Crippen molar-refractivity contribution in [3.63, 3.8) is 0 Å². The topological polar surface area (TPSA) is 69.2 Å². The van der Waals surface area contributed by atoms with Crippen LogP contribution < -0.4 is 14.8 Å². The third-order valence-electron chi connectivity index (χ3n) is 4.05. The fraction of sp³-hybridized carbons (Fsp3) is 0.786. The van der Waals surface area contributed by atoms with E-state index >= 15 is 0 Å². The molecule has 1 fully saturated rings. The summed E-state index contributed by atoms with van der Waals surface area (Å²) in [6.45, 7) is 3.18. The van der Waals surface area contributed by atoms with Gasteiger partial charge in [0.15, 0.2) is 0 Å². The second kappa shape index (κ2) is 7.26. The highest BCUT2D eigenvalue weighted by Gasteiger charge is 2.20. The van der Waals surface area contributed by atoms with Gasteiger partial charge >= 0.3 is 12.0 Å². The Labute approximate surface area is 120 Å². The number of ether oxygens (including phenoxy) is 2. The van der Waals surface area contributed by atoms with Gasteiger partial charge in [-0.25, -0.2) is 0 Å². The lowest BCUT2D eigenvalue weighted by Crippen LogP contribution is -2.22. The fourth-order valence-electron chi connectivity index (χ4n) is 2.68. The van der Waals surface area contributed by atoms with E-state index in [1.165, 1.54) is 46.3 Å². The molecule has 1 aliphatic rings. The van der Waals surface area contributed by atoms with Crippen molar-refractivity contribution in [2.75, 3.05) is 26.1 Å². The van der Waals surface area contributed by atoms with Crippen LogP contribution in [0.15, 0.2) is 0 Å². The average molecular weight is 280 g/mol. The molecule has 0 atom stereocenters. The number of anilines is 1. The van der Waals surface area contributed by atoms with Crippen LogP contribution in [0, 0.1) is 11.8 Å². The Kier molecular flexibility index (Phi) is 5.38.